The predicted molar refractivity (Wildman–Crippen MR) is 457 cm³/mol. The first-order chi connectivity index (χ1) is 54.5. The van der Waals surface area contributed by atoms with E-state index in [0.29, 0.717) is 68.7 Å². The summed E-state index contributed by atoms with van der Waals surface area (Å²) >= 11 is 0. The van der Waals surface area contributed by atoms with E-state index in [1.165, 1.54) is 167 Å². The molecule has 0 aromatic heterocycles. The zero-order chi connectivity index (χ0) is 79.1. The minimum atomic E-state index is -5.41. The predicted octanol–water partition coefficient (Wildman–Crippen LogP) is 26.1. The van der Waals surface area contributed by atoms with Crippen molar-refractivity contribution in [3.8, 4) is 17.2 Å². The Kier molecular flexibility index (Phi) is 35.6. The molecule has 0 heterocycles. The van der Waals surface area contributed by atoms with E-state index in [-0.39, 0.29) is 17.2 Å². The van der Waals surface area contributed by atoms with E-state index in [1.807, 2.05) is 72.8 Å². The first-order valence-electron chi connectivity index (χ1n) is 41.7. The number of Topliss-reactive ketones (excluding diaryl/α,β-unsaturated/α-hetero) is 2. The van der Waals surface area contributed by atoms with Crippen molar-refractivity contribution in [1.29, 1.82) is 0 Å². The van der Waals surface area contributed by atoms with Gasteiger partial charge in [-0.15, -0.1) is 0 Å². The molecule has 0 N–H and O–H groups in total. The van der Waals surface area contributed by atoms with E-state index in [2.05, 4.69) is 13.8 Å². The SMILES string of the molecule is CCCCCCCCCCCCCCCCCCOc1ccc(C(=O)CP(OB(Oc2cc(C(F)(F)F)cc(C(F)(F)F)c2)OP(CC(=O)c2ccc(OCCCCCCCCCCCCCCCCCC)cc2)(c2ccccc2)(c2ccccc2)c2ccccc2)(c2ccccc2)(c2ccccc2)c2ccccc2)cc1. The molecule has 16 heteroatoms. The van der Waals surface area contributed by atoms with Crippen molar-refractivity contribution in [2.45, 2.75) is 232 Å². The Morgan fingerprint density at radius 3 is 0.732 bits per heavy atom. The summed E-state index contributed by atoms with van der Waals surface area (Å²) < 4.78 is 128. The third kappa shape index (κ3) is 24.6. The molecule has 600 valence electrons. The van der Waals surface area contributed by atoms with Gasteiger partial charge in [-0.05, 0) is 0 Å². The van der Waals surface area contributed by atoms with Crippen molar-refractivity contribution in [2.75, 3.05) is 25.5 Å². The van der Waals surface area contributed by atoms with Gasteiger partial charge in [0.25, 0.3) is 0 Å². The molecule has 9 aromatic rings. The summed E-state index contributed by atoms with van der Waals surface area (Å²) in [5.41, 5.74) is -2.79. The topological polar surface area (TPSA) is 80.3 Å². The number of rotatable bonds is 54. The fraction of sp³-hybridized carbons (Fsp3) is 0.417. The quantitative estimate of drug-likeness (QED) is 0.0124. The van der Waals surface area contributed by atoms with Crippen molar-refractivity contribution in [1.82, 2.24) is 0 Å². The Labute approximate surface area is 665 Å². The normalized spacial score (nSPS) is 12.7. The molecule has 0 spiro atoms. The van der Waals surface area contributed by atoms with Gasteiger partial charge in [0.1, 0.15) is 0 Å². The van der Waals surface area contributed by atoms with Crippen molar-refractivity contribution in [3.05, 3.63) is 271 Å². The molecular formula is C96H119BF6O7P2. The summed E-state index contributed by atoms with van der Waals surface area (Å²) in [5, 5.41) is 2.60. The molecule has 112 heavy (non-hydrogen) atoms. The second-order valence-corrected chi connectivity index (χ2v) is 39.3. The van der Waals surface area contributed by atoms with Crippen molar-refractivity contribution in [2.24, 2.45) is 0 Å². The summed E-state index contributed by atoms with van der Waals surface area (Å²) in [6.45, 7) is -5.34. The van der Waals surface area contributed by atoms with Crippen LogP contribution in [0, 0.1) is 0 Å². The monoisotopic (exact) mass is 1570 g/mol. The van der Waals surface area contributed by atoms with Crippen LogP contribution in [0.3, 0.4) is 0 Å². The molecule has 0 bridgehead atoms. The fourth-order valence-corrected chi connectivity index (χ4v) is 26.8. The zero-order valence-electron chi connectivity index (χ0n) is 66.2. The number of carbonyl (C=O) groups is 2. The molecule has 0 atom stereocenters. The van der Waals surface area contributed by atoms with E-state index in [4.69, 9.17) is 23.0 Å². The number of halogens is 6. The standard InChI is InChI=1S/C96H119BF6O7P2/c1-3-5-7-9-11-13-15-17-19-21-23-25-27-29-31-51-73-106-84-69-65-80(66-70-84)93(104)78-111(87-53-39-33-40-54-87,88-55-41-34-42-56-88,89-57-43-35-44-58-89)109-97(108-86-76-82(95(98,99)100)75-83(77-86)96(101,102)103)110-112(90-59-45-36-46-60-90,91-61-47-37-48-62-91,92-63-49-38-50-64-92)79-94(105)81-67-71-85(72-68-81)107-74-52-32-30-28-26-24-22-20-18-16-14-12-10-8-6-4-2/h33-50,53-72,75-77H,3-32,51-52,73-74,78-79H2,1-2H3. The maximum atomic E-state index is 16.3. The molecule has 0 aliphatic rings. The number of ketones is 2. The van der Waals surface area contributed by atoms with Gasteiger partial charge in [0.2, 0.25) is 0 Å². The van der Waals surface area contributed by atoms with Crippen LogP contribution in [0.4, 0.5) is 26.3 Å². The molecule has 0 saturated heterocycles. The average molecular weight is 1570 g/mol. The first kappa shape index (κ1) is 88.1. The van der Waals surface area contributed by atoms with Gasteiger partial charge in [-0.1, -0.05) is 168 Å². The molecule has 0 radical (unpaired) electrons. The number of hydrogen-bond donors (Lipinski definition) is 0. The average Bonchev–Trinajstić information content (AvgIpc) is 0.685. The maximum absolute atomic E-state index is 16.3. The Morgan fingerprint density at radius 1 is 0.286 bits per heavy atom. The van der Waals surface area contributed by atoms with Gasteiger partial charge in [0.15, 0.2) is 0 Å². The summed E-state index contributed by atoms with van der Waals surface area (Å²) in [6, 6.07) is 68.8. The number of alkyl halides is 6. The van der Waals surface area contributed by atoms with Gasteiger partial charge in [-0.2, -0.15) is 0 Å². The third-order valence-electron chi connectivity index (χ3n) is 22.0. The number of unbranched alkanes of at least 4 members (excludes halogenated alkanes) is 30. The van der Waals surface area contributed by atoms with E-state index in [9.17, 15) is 0 Å². The summed E-state index contributed by atoms with van der Waals surface area (Å²) in [5.74, 6) is -0.665. The van der Waals surface area contributed by atoms with Crippen LogP contribution in [0.2, 0.25) is 0 Å². The molecule has 0 amide bonds. The van der Waals surface area contributed by atoms with E-state index in [1.54, 1.807) is 158 Å². The summed E-state index contributed by atoms with van der Waals surface area (Å²) in [6.07, 6.45) is 28.4. The first-order valence-corrected chi connectivity index (χ1v) is 46.4. The van der Waals surface area contributed by atoms with Gasteiger partial charge in [0, 0.05) is 0 Å². The number of benzene rings is 9. The Hall–Kier alpha value is -7.86. The molecule has 7 nitrogen and oxygen atoms in total. The van der Waals surface area contributed by atoms with Crippen molar-refractivity contribution >= 4 is 64.4 Å². The van der Waals surface area contributed by atoms with Crippen LogP contribution in [0.25, 0.3) is 0 Å². The molecule has 0 fully saturated rings. The van der Waals surface area contributed by atoms with Crippen LogP contribution < -0.4 is 46.0 Å². The molecule has 9 rings (SSSR count). The van der Waals surface area contributed by atoms with Crippen LogP contribution >= 0.6 is 13.7 Å². The van der Waals surface area contributed by atoms with Crippen LogP contribution in [0.15, 0.2) is 249 Å². The summed E-state index contributed by atoms with van der Waals surface area (Å²) in [7, 11) is -2.41. The fourth-order valence-electron chi connectivity index (χ4n) is 15.8. The van der Waals surface area contributed by atoms with Crippen LogP contribution in [0.5, 0.6) is 17.2 Å². The van der Waals surface area contributed by atoms with Crippen molar-refractivity contribution in [3.63, 3.8) is 0 Å². The second-order valence-electron chi connectivity index (χ2n) is 30.3. The number of carbonyl (C=O) groups excluding carboxylic acids is 2. The summed E-state index contributed by atoms with van der Waals surface area (Å²) in [4.78, 5) is 32.7. The number of ether oxygens (including phenoxy) is 2. The van der Waals surface area contributed by atoms with Gasteiger partial charge in [-0.25, -0.2) is 0 Å². The molecular weight excluding hydrogens is 1450 g/mol. The Bertz CT molecular complexity index is 3680. The molecule has 0 saturated carbocycles. The Morgan fingerprint density at radius 2 is 0.509 bits per heavy atom. The van der Waals surface area contributed by atoms with Crippen LogP contribution in [0.1, 0.15) is 251 Å². The molecule has 0 unspecified atom stereocenters. The van der Waals surface area contributed by atoms with E-state index in [0.717, 1.165) is 38.5 Å². The zero-order valence-corrected chi connectivity index (χ0v) is 68.0. The van der Waals surface area contributed by atoms with Crippen LogP contribution in [-0.4, -0.2) is 44.4 Å². The van der Waals surface area contributed by atoms with E-state index < -0.39 is 74.1 Å². The Balaban J connectivity index is 1.07. The third-order valence-corrected chi connectivity index (χ3v) is 33.4. The van der Waals surface area contributed by atoms with Crippen LogP contribution in [-0.2, 0) is 21.2 Å². The van der Waals surface area contributed by atoms with Gasteiger partial charge >= 0.3 is 501 Å². The minimum absolute atomic E-state index is 0.0342. The molecule has 9 aromatic carbocycles. The number of hydrogen-bond acceptors (Lipinski definition) is 7. The molecule has 0 aliphatic carbocycles. The van der Waals surface area contributed by atoms with Gasteiger partial charge in [0.05, 0.1) is 0 Å². The van der Waals surface area contributed by atoms with Crippen molar-refractivity contribution < 1.29 is 58.9 Å². The second kappa shape index (κ2) is 45.3. The van der Waals surface area contributed by atoms with Gasteiger partial charge in [-0.3, -0.25) is 0 Å². The van der Waals surface area contributed by atoms with E-state index >= 15 is 35.9 Å². The van der Waals surface area contributed by atoms with Gasteiger partial charge < -0.3 is 0 Å². The molecule has 0 aliphatic heterocycles.